The fourth-order valence-corrected chi connectivity index (χ4v) is 1.73. The molecule has 0 aliphatic carbocycles. The minimum atomic E-state index is 0.275. The number of hydrogen-bond donors (Lipinski definition) is 2. The second-order valence-electron chi connectivity index (χ2n) is 4.38. The number of nitrogens with one attached hydrogen (secondary N) is 1. The third-order valence-corrected chi connectivity index (χ3v) is 2.84. The van der Waals surface area contributed by atoms with Crippen LogP contribution in [0.3, 0.4) is 0 Å². The van der Waals surface area contributed by atoms with Crippen LogP contribution in [0.25, 0.3) is 0 Å². The Balaban J connectivity index is 1.87. The highest BCUT2D eigenvalue weighted by atomic mass is 16.5. The molecule has 0 radical (unpaired) electrons. The van der Waals surface area contributed by atoms with Gasteiger partial charge in [0.1, 0.15) is 18.1 Å². The molecule has 100 valence electrons. The molecular formula is C16H19NO2. The summed E-state index contributed by atoms with van der Waals surface area (Å²) in [4.78, 5) is 0. The Labute approximate surface area is 113 Å². The van der Waals surface area contributed by atoms with E-state index in [4.69, 9.17) is 4.74 Å². The standard InChI is InChI=1S/C16H19NO2/c1-2-17-11-13-5-9-16(10-6-13)19-12-14-3-7-15(18)8-4-14/h3-10,17-18H,2,11-12H2,1H3. The Morgan fingerprint density at radius 2 is 1.58 bits per heavy atom. The maximum atomic E-state index is 9.20. The van der Waals surface area contributed by atoms with Gasteiger partial charge < -0.3 is 15.2 Å². The minimum absolute atomic E-state index is 0.275. The molecule has 19 heavy (non-hydrogen) atoms. The van der Waals surface area contributed by atoms with Crippen molar-refractivity contribution in [3.63, 3.8) is 0 Å². The summed E-state index contributed by atoms with van der Waals surface area (Å²) < 4.78 is 5.69. The van der Waals surface area contributed by atoms with Crippen molar-refractivity contribution < 1.29 is 9.84 Å². The molecule has 0 saturated carbocycles. The topological polar surface area (TPSA) is 41.5 Å². The highest BCUT2D eigenvalue weighted by Gasteiger charge is 1.97. The molecule has 0 aromatic heterocycles. The molecule has 0 fully saturated rings. The van der Waals surface area contributed by atoms with Gasteiger partial charge in [0.2, 0.25) is 0 Å². The van der Waals surface area contributed by atoms with E-state index in [0.29, 0.717) is 6.61 Å². The van der Waals surface area contributed by atoms with Crippen molar-refractivity contribution in [2.45, 2.75) is 20.1 Å². The Kier molecular flexibility index (Phi) is 4.81. The van der Waals surface area contributed by atoms with Crippen molar-refractivity contribution in [3.8, 4) is 11.5 Å². The van der Waals surface area contributed by atoms with Gasteiger partial charge in [0.25, 0.3) is 0 Å². The summed E-state index contributed by atoms with van der Waals surface area (Å²) in [5, 5.41) is 12.5. The first kappa shape index (κ1) is 13.4. The lowest BCUT2D eigenvalue weighted by atomic mass is 10.2. The predicted molar refractivity (Wildman–Crippen MR) is 76.3 cm³/mol. The van der Waals surface area contributed by atoms with Gasteiger partial charge in [0, 0.05) is 6.54 Å². The van der Waals surface area contributed by atoms with Gasteiger partial charge in [-0.3, -0.25) is 0 Å². The van der Waals surface area contributed by atoms with Crippen LogP contribution >= 0.6 is 0 Å². The van der Waals surface area contributed by atoms with E-state index in [-0.39, 0.29) is 5.75 Å². The van der Waals surface area contributed by atoms with Gasteiger partial charge in [-0.05, 0) is 41.9 Å². The van der Waals surface area contributed by atoms with E-state index < -0.39 is 0 Å². The van der Waals surface area contributed by atoms with Gasteiger partial charge >= 0.3 is 0 Å². The number of ether oxygens (including phenoxy) is 1. The van der Waals surface area contributed by atoms with Crippen LogP contribution < -0.4 is 10.1 Å². The van der Waals surface area contributed by atoms with Crippen LogP contribution in [0, 0.1) is 0 Å². The average molecular weight is 257 g/mol. The quantitative estimate of drug-likeness (QED) is 0.835. The lowest BCUT2D eigenvalue weighted by Gasteiger charge is -2.08. The van der Waals surface area contributed by atoms with Crippen LogP contribution in [0.15, 0.2) is 48.5 Å². The van der Waals surface area contributed by atoms with Crippen LogP contribution in [0.4, 0.5) is 0 Å². The molecule has 2 N–H and O–H groups in total. The van der Waals surface area contributed by atoms with Crippen molar-refractivity contribution in [1.29, 1.82) is 0 Å². The smallest absolute Gasteiger partial charge is 0.119 e. The van der Waals surface area contributed by atoms with Gasteiger partial charge in [-0.2, -0.15) is 0 Å². The highest BCUT2D eigenvalue weighted by molar-refractivity contribution is 5.29. The first-order valence-corrected chi connectivity index (χ1v) is 6.48. The Hall–Kier alpha value is -2.00. The molecule has 0 heterocycles. The van der Waals surface area contributed by atoms with Crippen LogP contribution in [-0.2, 0) is 13.2 Å². The summed E-state index contributed by atoms with van der Waals surface area (Å²) in [7, 11) is 0. The van der Waals surface area contributed by atoms with Gasteiger partial charge in [0.15, 0.2) is 0 Å². The lowest BCUT2D eigenvalue weighted by Crippen LogP contribution is -2.11. The first-order valence-electron chi connectivity index (χ1n) is 6.48. The fraction of sp³-hybridized carbons (Fsp3) is 0.250. The zero-order valence-electron chi connectivity index (χ0n) is 11.1. The zero-order valence-corrected chi connectivity index (χ0v) is 11.1. The normalized spacial score (nSPS) is 10.4. The molecule has 3 heteroatoms. The summed E-state index contributed by atoms with van der Waals surface area (Å²) in [5.74, 6) is 1.13. The molecule has 2 aromatic rings. The van der Waals surface area contributed by atoms with E-state index in [1.165, 1.54) is 5.56 Å². The molecule has 0 aliphatic rings. The van der Waals surface area contributed by atoms with Crippen LogP contribution in [0.1, 0.15) is 18.1 Å². The van der Waals surface area contributed by atoms with E-state index in [0.717, 1.165) is 24.4 Å². The summed E-state index contributed by atoms with van der Waals surface area (Å²) >= 11 is 0. The van der Waals surface area contributed by atoms with Gasteiger partial charge in [-0.25, -0.2) is 0 Å². The van der Waals surface area contributed by atoms with Gasteiger partial charge in [-0.1, -0.05) is 31.2 Å². The second-order valence-corrected chi connectivity index (χ2v) is 4.38. The summed E-state index contributed by atoms with van der Waals surface area (Å²) in [6.07, 6.45) is 0. The zero-order chi connectivity index (χ0) is 13.5. The van der Waals surface area contributed by atoms with Crippen LogP contribution in [-0.4, -0.2) is 11.7 Å². The van der Waals surface area contributed by atoms with Gasteiger partial charge in [0.05, 0.1) is 0 Å². The second kappa shape index (κ2) is 6.81. The third-order valence-electron chi connectivity index (χ3n) is 2.84. The predicted octanol–water partition coefficient (Wildman–Crippen LogP) is 3.08. The molecule has 3 nitrogen and oxygen atoms in total. The molecule has 0 atom stereocenters. The van der Waals surface area contributed by atoms with E-state index in [9.17, 15) is 5.11 Å². The third kappa shape index (κ3) is 4.30. The maximum Gasteiger partial charge on any atom is 0.119 e. The Morgan fingerprint density at radius 1 is 0.947 bits per heavy atom. The molecule has 0 bridgehead atoms. The Bertz CT molecular complexity index is 491. The first-order chi connectivity index (χ1) is 9.28. The van der Waals surface area contributed by atoms with Crippen molar-refractivity contribution >= 4 is 0 Å². The van der Waals surface area contributed by atoms with Gasteiger partial charge in [-0.15, -0.1) is 0 Å². The van der Waals surface area contributed by atoms with Crippen molar-refractivity contribution in [2.75, 3.05) is 6.54 Å². The fourth-order valence-electron chi connectivity index (χ4n) is 1.73. The monoisotopic (exact) mass is 257 g/mol. The maximum absolute atomic E-state index is 9.20. The molecule has 0 unspecified atom stereocenters. The SMILES string of the molecule is CCNCc1ccc(OCc2ccc(O)cc2)cc1. The molecule has 0 saturated heterocycles. The Morgan fingerprint density at radius 3 is 2.21 bits per heavy atom. The van der Waals surface area contributed by atoms with Crippen molar-refractivity contribution in [2.24, 2.45) is 0 Å². The molecule has 0 spiro atoms. The lowest BCUT2D eigenvalue weighted by molar-refractivity contribution is 0.306. The summed E-state index contributed by atoms with van der Waals surface area (Å²) in [5.41, 5.74) is 2.29. The number of rotatable bonds is 6. The molecule has 2 aromatic carbocycles. The average Bonchev–Trinajstić information content (AvgIpc) is 2.46. The van der Waals surface area contributed by atoms with E-state index in [2.05, 4.69) is 24.4 Å². The van der Waals surface area contributed by atoms with E-state index >= 15 is 0 Å². The molecule has 2 rings (SSSR count). The highest BCUT2D eigenvalue weighted by Crippen LogP contribution is 2.15. The number of hydrogen-bond acceptors (Lipinski definition) is 3. The van der Waals surface area contributed by atoms with E-state index in [1.807, 2.05) is 24.3 Å². The number of phenols is 1. The minimum Gasteiger partial charge on any atom is -0.508 e. The number of phenolic OH excluding ortho intramolecular Hbond substituents is 1. The van der Waals surface area contributed by atoms with E-state index in [1.54, 1.807) is 12.1 Å². The summed E-state index contributed by atoms with van der Waals surface area (Å²) in [6.45, 7) is 4.45. The molecule has 0 amide bonds. The molecular weight excluding hydrogens is 238 g/mol. The summed E-state index contributed by atoms with van der Waals surface area (Å²) in [6, 6.07) is 15.1. The largest absolute Gasteiger partial charge is 0.508 e. The van der Waals surface area contributed by atoms with Crippen molar-refractivity contribution in [3.05, 3.63) is 59.7 Å². The number of benzene rings is 2. The molecule has 0 aliphatic heterocycles. The number of aromatic hydroxyl groups is 1. The van der Waals surface area contributed by atoms with Crippen LogP contribution in [0.5, 0.6) is 11.5 Å². The van der Waals surface area contributed by atoms with Crippen molar-refractivity contribution in [1.82, 2.24) is 5.32 Å². The van der Waals surface area contributed by atoms with Crippen LogP contribution in [0.2, 0.25) is 0 Å².